The molecule has 0 radical (unpaired) electrons. The molecular weight excluding hydrogens is 270 g/mol. The van der Waals surface area contributed by atoms with E-state index in [4.69, 9.17) is 0 Å². The second kappa shape index (κ2) is 6.33. The van der Waals surface area contributed by atoms with Gasteiger partial charge in [-0.2, -0.15) is 0 Å². The number of hydrogen-bond donors (Lipinski definition) is 1. The Kier molecular flexibility index (Phi) is 5.05. The van der Waals surface area contributed by atoms with E-state index in [9.17, 15) is 18.0 Å². The maximum Gasteiger partial charge on any atom is 0.337 e. The number of amides is 1. The molecule has 0 saturated carbocycles. The van der Waals surface area contributed by atoms with Crippen LogP contribution in [-0.4, -0.2) is 46.0 Å². The van der Waals surface area contributed by atoms with Crippen molar-refractivity contribution in [1.82, 2.24) is 5.32 Å². The van der Waals surface area contributed by atoms with Gasteiger partial charge in [-0.15, -0.1) is 0 Å². The molecule has 1 aromatic rings. The van der Waals surface area contributed by atoms with Crippen molar-refractivity contribution in [3.63, 3.8) is 0 Å². The van der Waals surface area contributed by atoms with E-state index in [1.54, 1.807) is 0 Å². The van der Waals surface area contributed by atoms with Crippen molar-refractivity contribution in [3.05, 3.63) is 35.4 Å². The zero-order chi connectivity index (χ0) is 14.5. The van der Waals surface area contributed by atoms with Crippen LogP contribution in [-0.2, 0) is 14.6 Å². The molecule has 1 aromatic carbocycles. The minimum Gasteiger partial charge on any atom is -0.465 e. The number of esters is 1. The fourth-order valence-corrected chi connectivity index (χ4v) is 1.80. The third-order valence-electron chi connectivity index (χ3n) is 2.33. The van der Waals surface area contributed by atoms with Gasteiger partial charge in [0.1, 0.15) is 9.84 Å². The van der Waals surface area contributed by atoms with Crippen LogP contribution in [0.2, 0.25) is 0 Å². The quantitative estimate of drug-likeness (QED) is 0.783. The number of hydrogen-bond acceptors (Lipinski definition) is 5. The highest BCUT2D eigenvalue weighted by molar-refractivity contribution is 7.90. The third kappa shape index (κ3) is 5.09. The van der Waals surface area contributed by atoms with Crippen LogP contribution in [0.5, 0.6) is 0 Å². The van der Waals surface area contributed by atoms with Crippen molar-refractivity contribution >= 4 is 21.7 Å². The Morgan fingerprint density at radius 3 is 2.16 bits per heavy atom. The summed E-state index contributed by atoms with van der Waals surface area (Å²) in [6.07, 6.45) is 1.10. The Bertz CT molecular complexity index is 562. The van der Waals surface area contributed by atoms with E-state index in [1.165, 1.54) is 31.4 Å². The average Bonchev–Trinajstić information content (AvgIpc) is 2.36. The average molecular weight is 285 g/mol. The van der Waals surface area contributed by atoms with Crippen LogP contribution in [0, 0.1) is 0 Å². The van der Waals surface area contributed by atoms with E-state index in [0.29, 0.717) is 11.1 Å². The molecule has 7 heteroatoms. The molecule has 0 bridgehead atoms. The lowest BCUT2D eigenvalue weighted by Crippen LogP contribution is -2.28. The van der Waals surface area contributed by atoms with Crippen molar-refractivity contribution < 1.29 is 22.7 Å². The largest absolute Gasteiger partial charge is 0.465 e. The number of nitrogens with one attached hydrogen (secondary N) is 1. The maximum absolute atomic E-state index is 11.7. The first-order valence-electron chi connectivity index (χ1n) is 5.48. The van der Waals surface area contributed by atoms with Gasteiger partial charge >= 0.3 is 5.97 Å². The molecule has 0 spiro atoms. The number of rotatable bonds is 5. The van der Waals surface area contributed by atoms with Crippen LogP contribution in [0.4, 0.5) is 0 Å². The standard InChI is InChI=1S/C12H15NO5S/c1-18-12(15)10-5-3-9(4-6-10)11(14)13-7-8-19(2,16)17/h3-6H,7-8H2,1-2H3,(H,13,14). The first-order valence-corrected chi connectivity index (χ1v) is 7.54. The normalized spacial score (nSPS) is 10.8. The molecular formula is C12H15NO5S. The van der Waals surface area contributed by atoms with E-state index in [0.717, 1.165) is 6.26 Å². The molecule has 1 N–H and O–H groups in total. The van der Waals surface area contributed by atoms with E-state index in [-0.39, 0.29) is 18.2 Å². The first-order chi connectivity index (χ1) is 8.83. The van der Waals surface area contributed by atoms with Gasteiger partial charge in [0.15, 0.2) is 0 Å². The van der Waals surface area contributed by atoms with Crippen LogP contribution in [0.15, 0.2) is 24.3 Å². The highest BCUT2D eigenvalue weighted by atomic mass is 32.2. The number of sulfone groups is 1. The predicted molar refractivity (Wildman–Crippen MR) is 69.8 cm³/mol. The summed E-state index contributed by atoms with van der Waals surface area (Å²) in [6.45, 7) is 0.0520. The summed E-state index contributed by atoms with van der Waals surface area (Å²) in [4.78, 5) is 22.8. The summed E-state index contributed by atoms with van der Waals surface area (Å²) in [5, 5.41) is 2.48. The molecule has 1 rings (SSSR count). The second-order valence-electron chi connectivity index (χ2n) is 3.95. The van der Waals surface area contributed by atoms with E-state index < -0.39 is 15.8 Å². The minimum absolute atomic E-state index is 0.0520. The van der Waals surface area contributed by atoms with Crippen molar-refractivity contribution in [2.75, 3.05) is 25.7 Å². The van der Waals surface area contributed by atoms with Gasteiger partial charge in [0, 0.05) is 18.4 Å². The molecule has 6 nitrogen and oxygen atoms in total. The van der Waals surface area contributed by atoms with Gasteiger partial charge in [0.2, 0.25) is 0 Å². The molecule has 0 atom stereocenters. The maximum atomic E-state index is 11.7. The van der Waals surface area contributed by atoms with Gasteiger partial charge in [-0.1, -0.05) is 0 Å². The fourth-order valence-electron chi connectivity index (χ4n) is 1.33. The van der Waals surface area contributed by atoms with Crippen LogP contribution in [0.1, 0.15) is 20.7 Å². The van der Waals surface area contributed by atoms with Crippen molar-refractivity contribution in [2.45, 2.75) is 0 Å². The van der Waals surface area contributed by atoms with Crippen molar-refractivity contribution in [2.24, 2.45) is 0 Å². The topological polar surface area (TPSA) is 89.5 Å². The highest BCUT2D eigenvalue weighted by Gasteiger charge is 2.09. The SMILES string of the molecule is COC(=O)c1ccc(C(=O)NCCS(C)(=O)=O)cc1. The molecule has 19 heavy (non-hydrogen) atoms. The third-order valence-corrected chi connectivity index (χ3v) is 3.27. The Hall–Kier alpha value is -1.89. The Labute approximate surface area is 111 Å². The molecule has 0 aliphatic heterocycles. The molecule has 0 unspecified atom stereocenters. The summed E-state index contributed by atoms with van der Waals surface area (Å²) in [5.74, 6) is -0.983. The van der Waals surface area contributed by atoms with Gasteiger partial charge in [-0.25, -0.2) is 13.2 Å². The fraction of sp³-hybridized carbons (Fsp3) is 0.333. The molecule has 0 aromatic heterocycles. The van der Waals surface area contributed by atoms with Gasteiger partial charge in [0.25, 0.3) is 5.91 Å². The Balaban J connectivity index is 2.61. The summed E-state index contributed by atoms with van der Waals surface area (Å²) in [7, 11) is -1.83. The van der Waals surface area contributed by atoms with Crippen LogP contribution in [0.3, 0.4) is 0 Å². The minimum atomic E-state index is -3.10. The zero-order valence-corrected chi connectivity index (χ0v) is 11.5. The molecule has 0 aliphatic carbocycles. The Morgan fingerprint density at radius 1 is 1.16 bits per heavy atom. The summed E-state index contributed by atoms with van der Waals surface area (Å²) >= 11 is 0. The van der Waals surface area contributed by atoms with Crippen molar-refractivity contribution in [1.29, 1.82) is 0 Å². The molecule has 0 fully saturated rings. The number of carbonyl (C=O) groups is 2. The zero-order valence-electron chi connectivity index (χ0n) is 10.7. The van der Waals surface area contributed by atoms with E-state index >= 15 is 0 Å². The molecule has 0 saturated heterocycles. The Morgan fingerprint density at radius 2 is 1.68 bits per heavy atom. The highest BCUT2D eigenvalue weighted by Crippen LogP contribution is 2.05. The summed E-state index contributed by atoms with van der Waals surface area (Å²) in [5.41, 5.74) is 0.691. The molecule has 0 heterocycles. The first kappa shape index (κ1) is 15.2. The van der Waals surface area contributed by atoms with Gasteiger partial charge in [0.05, 0.1) is 18.4 Å². The lowest BCUT2D eigenvalue weighted by atomic mass is 10.1. The van der Waals surface area contributed by atoms with Gasteiger partial charge in [-0.05, 0) is 24.3 Å². The molecule has 104 valence electrons. The van der Waals surface area contributed by atoms with Crippen LogP contribution in [0.25, 0.3) is 0 Å². The summed E-state index contributed by atoms with van der Waals surface area (Å²) in [6, 6.07) is 5.89. The molecule has 1 amide bonds. The smallest absolute Gasteiger partial charge is 0.337 e. The van der Waals surface area contributed by atoms with Crippen LogP contribution >= 0.6 is 0 Å². The number of ether oxygens (including phenoxy) is 1. The number of methoxy groups -OCH3 is 1. The van der Waals surface area contributed by atoms with E-state index in [1.807, 2.05) is 0 Å². The predicted octanol–water partition coefficient (Wildman–Crippen LogP) is 0.248. The monoisotopic (exact) mass is 285 g/mol. The lowest BCUT2D eigenvalue weighted by molar-refractivity contribution is 0.0600. The van der Waals surface area contributed by atoms with E-state index in [2.05, 4.69) is 10.1 Å². The van der Waals surface area contributed by atoms with Crippen molar-refractivity contribution in [3.8, 4) is 0 Å². The lowest BCUT2D eigenvalue weighted by Gasteiger charge is -2.05. The molecule has 0 aliphatic rings. The number of carbonyl (C=O) groups excluding carboxylic acids is 2. The van der Waals surface area contributed by atoms with Gasteiger partial charge in [-0.3, -0.25) is 4.79 Å². The van der Waals surface area contributed by atoms with Crippen LogP contribution < -0.4 is 5.32 Å². The summed E-state index contributed by atoms with van der Waals surface area (Å²) < 4.78 is 26.3. The van der Waals surface area contributed by atoms with Gasteiger partial charge < -0.3 is 10.1 Å². The number of benzene rings is 1. The second-order valence-corrected chi connectivity index (χ2v) is 6.21.